The van der Waals surface area contributed by atoms with Gasteiger partial charge in [-0.15, -0.1) is 6.58 Å². The van der Waals surface area contributed by atoms with E-state index in [0.29, 0.717) is 41.6 Å². The maximum atomic E-state index is 14.3. The van der Waals surface area contributed by atoms with Crippen LogP contribution in [0.3, 0.4) is 0 Å². The Balaban J connectivity index is 1.36. The molecule has 10 nitrogen and oxygen atoms in total. The third-order valence-corrected chi connectivity index (χ3v) is 9.98. The zero-order valence-electron chi connectivity index (χ0n) is 28.4. The van der Waals surface area contributed by atoms with E-state index in [1.54, 1.807) is 30.0 Å². The second kappa shape index (κ2) is 13.9. The van der Waals surface area contributed by atoms with E-state index in [4.69, 9.17) is 9.47 Å². The van der Waals surface area contributed by atoms with Crippen molar-refractivity contribution in [2.75, 3.05) is 20.2 Å². The lowest BCUT2D eigenvalue weighted by Gasteiger charge is -2.51. The number of carbonyl (C=O) groups is 2. The van der Waals surface area contributed by atoms with E-state index in [9.17, 15) is 14.4 Å². The van der Waals surface area contributed by atoms with E-state index in [2.05, 4.69) is 26.8 Å². The van der Waals surface area contributed by atoms with E-state index in [-0.39, 0.29) is 17.5 Å². The molecule has 3 aliphatic rings. The van der Waals surface area contributed by atoms with Crippen LogP contribution >= 0.6 is 0 Å². The summed E-state index contributed by atoms with van der Waals surface area (Å²) in [5.41, 5.74) is 2.46. The van der Waals surface area contributed by atoms with Gasteiger partial charge in [0.1, 0.15) is 29.1 Å². The van der Waals surface area contributed by atoms with Crippen molar-refractivity contribution in [3.05, 3.63) is 88.5 Å². The van der Waals surface area contributed by atoms with Gasteiger partial charge in [-0.05, 0) is 93.8 Å². The number of aryl methyl sites for hydroxylation is 2. The molecule has 252 valence electrons. The molecule has 7 rings (SSSR count). The van der Waals surface area contributed by atoms with Gasteiger partial charge in [0.05, 0.1) is 24.1 Å². The second-order valence-corrected chi connectivity index (χ2v) is 13.5. The number of piperidine rings is 3. The van der Waals surface area contributed by atoms with Gasteiger partial charge in [0.15, 0.2) is 0 Å². The van der Waals surface area contributed by atoms with E-state index in [1.807, 2.05) is 58.0 Å². The number of amides is 1. The highest BCUT2D eigenvalue weighted by molar-refractivity contribution is 5.99. The number of esters is 1. The number of ether oxygens (including phenoxy) is 2. The Hall–Kier alpha value is -4.57. The van der Waals surface area contributed by atoms with Crippen LogP contribution in [0.1, 0.15) is 67.8 Å². The first-order chi connectivity index (χ1) is 23.1. The molecule has 10 heteroatoms. The lowest BCUT2D eigenvalue weighted by molar-refractivity contribution is -0.160. The molecule has 6 heterocycles. The number of rotatable bonds is 11. The zero-order chi connectivity index (χ0) is 34.1. The highest BCUT2D eigenvalue weighted by Crippen LogP contribution is 2.44. The van der Waals surface area contributed by atoms with Gasteiger partial charge in [0.25, 0.3) is 5.91 Å². The fraction of sp³-hybridized carbons (Fsp3) is 0.447. The number of hydrogen-bond donors (Lipinski definition) is 1. The fourth-order valence-corrected chi connectivity index (χ4v) is 7.45. The van der Waals surface area contributed by atoms with Crippen LogP contribution in [0.5, 0.6) is 5.75 Å². The maximum absolute atomic E-state index is 14.3. The van der Waals surface area contributed by atoms with Gasteiger partial charge in [-0.25, -0.2) is 9.78 Å². The molecule has 1 N–H and O–H groups in total. The van der Waals surface area contributed by atoms with E-state index < -0.39 is 29.5 Å². The minimum Gasteiger partial charge on any atom is -0.497 e. The monoisotopic (exact) mass is 651 g/mol. The van der Waals surface area contributed by atoms with Gasteiger partial charge in [0, 0.05) is 42.1 Å². The Bertz CT molecular complexity index is 1920. The van der Waals surface area contributed by atoms with Gasteiger partial charge < -0.3 is 19.4 Å². The number of nitrogens with zero attached hydrogens (tertiary/aromatic N) is 4. The SMILES string of the molecule is C=CC1CN2CC[C@H]1CC2[C@H](OC(=O)[C@H](CC(C)C)NC(=O)c1cn(CC)c2nc(C)ccc2c1=O)c1ccnc2ccc(OC)cc12. The number of pyridine rings is 3. The molecule has 0 aliphatic carbocycles. The number of methoxy groups -OCH3 is 1. The normalized spacial score (nSPS) is 21.6. The minimum atomic E-state index is -0.972. The molecule has 0 radical (unpaired) electrons. The van der Waals surface area contributed by atoms with E-state index in [1.165, 1.54) is 6.20 Å². The van der Waals surface area contributed by atoms with Gasteiger partial charge >= 0.3 is 5.97 Å². The van der Waals surface area contributed by atoms with Crippen LogP contribution in [0.4, 0.5) is 0 Å². The minimum absolute atomic E-state index is 0.0356. The molecule has 0 saturated carbocycles. The van der Waals surface area contributed by atoms with Crippen LogP contribution in [0, 0.1) is 24.7 Å². The molecule has 1 amide bonds. The molecule has 6 atom stereocenters. The summed E-state index contributed by atoms with van der Waals surface area (Å²) >= 11 is 0. The molecular formula is C38H45N5O5. The number of aromatic nitrogens is 3. The summed E-state index contributed by atoms with van der Waals surface area (Å²) in [5.74, 6) is 0.429. The molecule has 4 aromatic rings. The predicted molar refractivity (Wildman–Crippen MR) is 186 cm³/mol. The third-order valence-electron chi connectivity index (χ3n) is 9.98. The highest BCUT2D eigenvalue weighted by atomic mass is 16.5. The summed E-state index contributed by atoms with van der Waals surface area (Å²) < 4.78 is 13.9. The predicted octanol–water partition coefficient (Wildman–Crippen LogP) is 5.61. The van der Waals surface area contributed by atoms with Gasteiger partial charge in [0.2, 0.25) is 5.43 Å². The zero-order valence-corrected chi connectivity index (χ0v) is 28.4. The van der Waals surface area contributed by atoms with Crippen LogP contribution in [-0.2, 0) is 16.1 Å². The van der Waals surface area contributed by atoms with Crippen molar-refractivity contribution in [1.29, 1.82) is 0 Å². The topological polar surface area (TPSA) is 116 Å². The van der Waals surface area contributed by atoms with Crippen molar-refractivity contribution >= 4 is 33.8 Å². The largest absolute Gasteiger partial charge is 0.497 e. The molecule has 1 aromatic carbocycles. The van der Waals surface area contributed by atoms with Crippen molar-refractivity contribution in [3.63, 3.8) is 0 Å². The summed E-state index contributed by atoms with van der Waals surface area (Å²) in [5, 5.41) is 4.10. The Labute approximate surface area is 281 Å². The van der Waals surface area contributed by atoms with Gasteiger partial charge in [-0.3, -0.25) is 19.5 Å². The van der Waals surface area contributed by atoms with Crippen LogP contribution in [0.2, 0.25) is 0 Å². The fourth-order valence-electron chi connectivity index (χ4n) is 7.45. The van der Waals surface area contributed by atoms with Crippen LogP contribution in [0.15, 0.2) is 66.2 Å². The first-order valence-corrected chi connectivity index (χ1v) is 16.9. The second-order valence-electron chi connectivity index (χ2n) is 13.5. The molecule has 2 bridgehead atoms. The smallest absolute Gasteiger partial charge is 0.329 e. The maximum Gasteiger partial charge on any atom is 0.329 e. The number of benzene rings is 1. The van der Waals surface area contributed by atoms with E-state index >= 15 is 0 Å². The van der Waals surface area contributed by atoms with Crippen molar-refractivity contribution in [2.45, 2.75) is 71.7 Å². The van der Waals surface area contributed by atoms with E-state index in [0.717, 1.165) is 48.1 Å². The molecule has 3 aromatic heterocycles. The first kappa shape index (κ1) is 33.3. The average molecular weight is 652 g/mol. The molecule has 48 heavy (non-hydrogen) atoms. The van der Waals surface area contributed by atoms with Crippen molar-refractivity contribution in [1.82, 2.24) is 24.8 Å². The lowest BCUT2D eigenvalue weighted by atomic mass is 9.73. The Morgan fingerprint density at radius 1 is 1.17 bits per heavy atom. The van der Waals surface area contributed by atoms with Crippen molar-refractivity contribution in [3.8, 4) is 5.75 Å². The van der Waals surface area contributed by atoms with Crippen LogP contribution < -0.4 is 15.5 Å². The quantitative estimate of drug-likeness (QED) is 0.165. The number of carbonyl (C=O) groups excluding carboxylic acids is 2. The molecule has 3 fully saturated rings. The average Bonchev–Trinajstić information content (AvgIpc) is 3.09. The standard InChI is InChI=1S/C38H45N5O5/c1-7-24-20-43-16-14-25(24)18-33(43)35(27-13-15-39-31-12-10-26(47-6)19-29(27)31)48-38(46)32(17-22(3)4)41-37(45)30-21-42(8-2)36-28(34(30)44)11-9-23(5)40-36/h7,9-13,15,19,21-22,24-25,32-33,35H,1,8,14,16-18,20H2,2-6H3,(H,41,45)/t24?,25-,32-,33?,35+/m0/s1. The highest BCUT2D eigenvalue weighted by Gasteiger charge is 2.45. The van der Waals surface area contributed by atoms with Gasteiger partial charge in [-0.2, -0.15) is 0 Å². The Morgan fingerprint density at radius 2 is 1.98 bits per heavy atom. The van der Waals surface area contributed by atoms with Gasteiger partial charge in [-0.1, -0.05) is 19.9 Å². The summed E-state index contributed by atoms with van der Waals surface area (Å²) in [6.45, 7) is 14.1. The Morgan fingerprint density at radius 3 is 2.67 bits per heavy atom. The number of hydrogen-bond acceptors (Lipinski definition) is 8. The Kier molecular flexibility index (Phi) is 9.64. The lowest BCUT2D eigenvalue weighted by Crippen LogP contribution is -2.56. The number of nitrogens with one attached hydrogen (secondary N) is 1. The summed E-state index contributed by atoms with van der Waals surface area (Å²) in [6.07, 6.45) is 6.97. The third kappa shape index (κ3) is 6.45. The van der Waals surface area contributed by atoms with Crippen molar-refractivity contribution < 1.29 is 19.1 Å². The molecular weight excluding hydrogens is 606 g/mol. The summed E-state index contributed by atoms with van der Waals surface area (Å²) in [6, 6.07) is 10.0. The molecule has 3 saturated heterocycles. The molecule has 3 aliphatic heterocycles. The molecule has 0 spiro atoms. The van der Waals surface area contributed by atoms with Crippen LogP contribution in [0.25, 0.3) is 21.9 Å². The number of fused-ring (bicyclic) bond motifs is 5. The van der Waals surface area contributed by atoms with Crippen molar-refractivity contribution in [2.24, 2.45) is 17.8 Å². The summed E-state index contributed by atoms with van der Waals surface area (Å²) in [4.78, 5) is 53.2. The first-order valence-electron chi connectivity index (χ1n) is 16.9. The summed E-state index contributed by atoms with van der Waals surface area (Å²) in [7, 11) is 1.62. The van der Waals surface area contributed by atoms with Crippen LogP contribution in [-0.4, -0.2) is 63.6 Å². The molecule has 3 unspecified atom stereocenters.